The molecule has 136 valence electrons. The van der Waals surface area contributed by atoms with Gasteiger partial charge in [-0.2, -0.15) is 4.98 Å². The number of piperidine rings is 1. The number of aryl methyl sites for hydroxylation is 1. The molecule has 8 heteroatoms. The van der Waals surface area contributed by atoms with Crippen molar-refractivity contribution >= 4 is 10.0 Å². The van der Waals surface area contributed by atoms with Crippen molar-refractivity contribution in [3.05, 3.63) is 41.5 Å². The zero-order valence-corrected chi connectivity index (χ0v) is 15.3. The zero-order chi connectivity index (χ0) is 17.9. The second kappa shape index (κ2) is 7.53. The molecular formula is C17H23N3O4S. The Morgan fingerprint density at radius 3 is 2.56 bits per heavy atom. The number of ether oxygens (including phenoxy) is 1. The summed E-state index contributed by atoms with van der Waals surface area (Å²) < 4.78 is 36.3. The van der Waals surface area contributed by atoms with E-state index in [9.17, 15) is 8.42 Å². The Kier molecular flexibility index (Phi) is 5.39. The molecule has 0 spiro atoms. The van der Waals surface area contributed by atoms with E-state index in [1.54, 1.807) is 11.2 Å². The van der Waals surface area contributed by atoms with Crippen molar-refractivity contribution < 1.29 is 17.7 Å². The van der Waals surface area contributed by atoms with Gasteiger partial charge in [0.25, 0.3) is 5.89 Å². The molecule has 0 N–H and O–H groups in total. The van der Waals surface area contributed by atoms with E-state index in [-0.39, 0.29) is 18.3 Å². The number of rotatable bonds is 6. The molecule has 2 heterocycles. The molecule has 0 bridgehead atoms. The lowest BCUT2D eigenvalue weighted by molar-refractivity contribution is 0.241. The molecule has 25 heavy (non-hydrogen) atoms. The van der Waals surface area contributed by atoms with E-state index in [0.29, 0.717) is 37.6 Å². The molecule has 7 nitrogen and oxygen atoms in total. The minimum atomic E-state index is -3.11. The summed E-state index contributed by atoms with van der Waals surface area (Å²) in [6, 6.07) is 7.76. The fourth-order valence-corrected chi connectivity index (χ4v) is 3.98. The van der Waals surface area contributed by atoms with Crippen molar-refractivity contribution in [3.63, 3.8) is 0 Å². The summed E-state index contributed by atoms with van der Waals surface area (Å²) >= 11 is 0. The summed E-state index contributed by atoms with van der Waals surface area (Å²) in [6.07, 6.45) is 1.41. The molecule has 0 unspecified atom stereocenters. The normalized spacial score (nSPS) is 16.9. The highest BCUT2D eigenvalue weighted by atomic mass is 32.2. The summed E-state index contributed by atoms with van der Waals surface area (Å²) in [5.41, 5.74) is 1.17. The predicted octanol–water partition coefficient (Wildman–Crippen LogP) is 2.49. The van der Waals surface area contributed by atoms with Crippen LogP contribution in [0.3, 0.4) is 0 Å². The van der Waals surface area contributed by atoms with Gasteiger partial charge in [-0.3, -0.25) is 0 Å². The van der Waals surface area contributed by atoms with Gasteiger partial charge in [0.15, 0.2) is 12.4 Å². The van der Waals surface area contributed by atoms with Gasteiger partial charge in [0.05, 0.1) is 5.75 Å². The van der Waals surface area contributed by atoms with Crippen molar-refractivity contribution in [2.45, 2.75) is 39.2 Å². The molecule has 1 fully saturated rings. The topological polar surface area (TPSA) is 85.5 Å². The average molecular weight is 365 g/mol. The van der Waals surface area contributed by atoms with Crippen LogP contribution in [0.15, 0.2) is 28.8 Å². The third-order valence-corrected chi connectivity index (χ3v) is 6.33. The highest BCUT2D eigenvalue weighted by molar-refractivity contribution is 7.89. The third kappa shape index (κ3) is 4.38. The van der Waals surface area contributed by atoms with Crippen molar-refractivity contribution in [3.8, 4) is 5.75 Å². The Hall–Kier alpha value is -1.93. The molecule has 0 aliphatic carbocycles. The van der Waals surface area contributed by atoms with Gasteiger partial charge in [0.1, 0.15) is 5.75 Å². The van der Waals surface area contributed by atoms with E-state index in [1.165, 1.54) is 5.56 Å². The maximum atomic E-state index is 11.9. The summed E-state index contributed by atoms with van der Waals surface area (Å²) in [5.74, 6) is 2.08. The molecule has 0 amide bonds. The zero-order valence-electron chi connectivity index (χ0n) is 14.5. The Morgan fingerprint density at radius 1 is 1.24 bits per heavy atom. The van der Waals surface area contributed by atoms with Crippen LogP contribution in [0.2, 0.25) is 0 Å². The van der Waals surface area contributed by atoms with Gasteiger partial charge in [0.2, 0.25) is 10.0 Å². The minimum absolute atomic E-state index is 0.125. The van der Waals surface area contributed by atoms with E-state index in [4.69, 9.17) is 9.26 Å². The fraction of sp³-hybridized carbons (Fsp3) is 0.529. The lowest BCUT2D eigenvalue weighted by atomic mass is 9.98. The monoisotopic (exact) mass is 365 g/mol. The molecule has 0 atom stereocenters. The van der Waals surface area contributed by atoms with Crippen LogP contribution < -0.4 is 4.74 Å². The highest BCUT2D eigenvalue weighted by Gasteiger charge is 2.29. The van der Waals surface area contributed by atoms with E-state index in [0.717, 1.165) is 5.75 Å². The molecule has 1 saturated heterocycles. The largest absolute Gasteiger partial charge is 0.484 e. The molecule has 1 aromatic carbocycles. The summed E-state index contributed by atoms with van der Waals surface area (Å²) in [7, 11) is -3.11. The molecule has 1 aromatic heterocycles. The van der Waals surface area contributed by atoms with Gasteiger partial charge < -0.3 is 9.26 Å². The van der Waals surface area contributed by atoms with Crippen LogP contribution in [0, 0.1) is 6.92 Å². The highest BCUT2D eigenvalue weighted by Crippen LogP contribution is 2.27. The van der Waals surface area contributed by atoms with Gasteiger partial charge in [-0.1, -0.05) is 22.9 Å². The smallest absolute Gasteiger partial charge is 0.264 e. The molecular weight excluding hydrogens is 342 g/mol. The van der Waals surface area contributed by atoms with Crippen LogP contribution in [-0.2, 0) is 16.6 Å². The molecule has 3 rings (SSSR count). The van der Waals surface area contributed by atoms with Gasteiger partial charge >= 0.3 is 0 Å². The van der Waals surface area contributed by atoms with Gasteiger partial charge in [0, 0.05) is 19.0 Å². The van der Waals surface area contributed by atoms with E-state index in [1.807, 2.05) is 31.2 Å². The van der Waals surface area contributed by atoms with Crippen LogP contribution >= 0.6 is 0 Å². The Bertz CT molecular complexity index is 794. The maximum Gasteiger partial charge on any atom is 0.264 e. The van der Waals surface area contributed by atoms with E-state index in [2.05, 4.69) is 10.1 Å². The first kappa shape index (κ1) is 17.9. The van der Waals surface area contributed by atoms with Gasteiger partial charge in [-0.15, -0.1) is 0 Å². The SMILES string of the molecule is CCS(=O)(=O)N1CCC(c2noc(COc3ccc(C)cc3)n2)CC1. The molecule has 1 aliphatic rings. The Labute approximate surface area is 148 Å². The standard InChI is InChI=1S/C17H23N3O4S/c1-3-25(21,22)20-10-8-14(9-11-20)17-18-16(24-19-17)12-23-15-6-4-13(2)5-7-15/h4-7,14H,3,8-12H2,1-2H3. The van der Waals surface area contributed by atoms with Gasteiger partial charge in [-0.05, 0) is 38.8 Å². The second-order valence-electron chi connectivity index (χ2n) is 6.22. The number of aromatic nitrogens is 2. The van der Waals surface area contributed by atoms with Crippen LogP contribution in [0.4, 0.5) is 0 Å². The molecule has 0 saturated carbocycles. The van der Waals surface area contributed by atoms with Gasteiger partial charge in [-0.25, -0.2) is 12.7 Å². The Balaban J connectivity index is 1.54. The van der Waals surface area contributed by atoms with Crippen LogP contribution in [-0.4, -0.2) is 41.7 Å². The molecule has 0 radical (unpaired) electrons. The van der Waals surface area contributed by atoms with E-state index < -0.39 is 10.0 Å². The third-order valence-electron chi connectivity index (χ3n) is 4.44. The average Bonchev–Trinajstić information content (AvgIpc) is 3.10. The maximum absolute atomic E-state index is 11.9. The van der Waals surface area contributed by atoms with Crippen molar-refractivity contribution in [2.75, 3.05) is 18.8 Å². The lowest BCUT2D eigenvalue weighted by Crippen LogP contribution is -2.38. The number of hydrogen-bond donors (Lipinski definition) is 0. The van der Waals surface area contributed by atoms with Crippen molar-refractivity contribution in [2.24, 2.45) is 0 Å². The number of benzene rings is 1. The minimum Gasteiger partial charge on any atom is -0.484 e. The van der Waals surface area contributed by atoms with Crippen LogP contribution in [0.5, 0.6) is 5.75 Å². The van der Waals surface area contributed by atoms with Crippen LogP contribution in [0.1, 0.15) is 43.0 Å². The molecule has 1 aliphatic heterocycles. The van der Waals surface area contributed by atoms with Crippen molar-refractivity contribution in [1.82, 2.24) is 14.4 Å². The predicted molar refractivity (Wildman–Crippen MR) is 92.8 cm³/mol. The number of sulfonamides is 1. The molecule has 2 aromatic rings. The number of hydrogen-bond acceptors (Lipinski definition) is 6. The van der Waals surface area contributed by atoms with E-state index >= 15 is 0 Å². The first-order chi connectivity index (χ1) is 12.0. The first-order valence-corrected chi connectivity index (χ1v) is 10.1. The summed E-state index contributed by atoms with van der Waals surface area (Å²) in [5, 5.41) is 4.04. The summed E-state index contributed by atoms with van der Waals surface area (Å²) in [6.45, 7) is 4.92. The quantitative estimate of drug-likeness (QED) is 0.782. The summed E-state index contributed by atoms with van der Waals surface area (Å²) in [4.78, 5) is 4.40. The Morgan fingerprint density at radius 2 is 1.92 bits per heavy atom. The lowest BCUT2D eigenvalue weighted by Gasteiger charge is -2.29. The van der Waals surface area contributed by atoms with Crippen LogP contribution in [0.25, 0.3) is 0 Å². The fourth-order valence-electron chi connectivity index (χ4n) is 2.85. The first-order valence-electron chi connectivity index (χ1n) is 8.47. The second-order valence-corrected chi connectivity index (χ2v) is 8.48. The number of nitrogens with zero attached hydrogens (tertiary/aromatic N) is 3. The van der Waals surface area contributed by atoms with Crippen molar-refractivity contribution in [1.29, 1.82) is 0 Å².